The Morgan fingerprint density at radius 1 is 1.55 bits per heavy atom. The second-order valence-corrected chi connectivity index (χ2v) is 5.78. The summed E-state index contributed by atoms with van der Waals surface area (Å²) in [6.45, 7) is 3.73. The van der Waals surface area contributed by atoms with Crippen LogP contribution < -0.4 is 4.74 Å². The van der Waals surface area contributed by atoms with Crippen molar-refractivity contribution in [1.82, 2.24) is 8.75 Å². The molecule has 2 atom stereocenters. The molecule has 6 nitrogen and oxygen atoms in total. The number of carbonyl (C=O) groups is 2. The van der Waals surface area contributed by atoms with Crippen LogP contribution in [0.3, 0.4) is 0 Å². The predicted molar refractivity (Wildman–Crippen MR) is 72.8 cm³/mol. The second kappa shape index (κ2) is 5.87. The Hall–Kier alpha value is -1.50. The van der Waals surface area contributed by atoms with Crippen molar-refractivity contribution < 1.29 is 19.4 Å². The van der Waals surface area contributed by atoms with E-state index in [0.29, 0.717) is 37.3 Å². The van der Waals surface area contributed by atoms with E-state index in [4.69, 9.17) is 4.74 Å². The molecule has 0 amide bonds. The van der Waals surface area contributed by atoms with Gasteiger partial charge in [-0.15, -0.1) is 4.37 Å². The van der Waals surface area contributed by atoms with Gasteiger partial charge in [0.1, 0.15) is 23.5 Å². The molecule has 0 aromatic carbocycles. The second-order valence-electron chi connectivity index (χ2n) is 5.25. The molecule has 0 radical (unpaired) electrons. The normalized spacial score (nSPS) is 26.5. The number of nitrogens with zero attached hydrogens (tertiary/aromatic N) is 2. The summed E-state index contributed by atoms with van der Waals surface area (Å²) in [5.74, 6) is -0.548. The van der Waals surface area contributed by atoms with Crippen molar-refractivity contribution in [1.29, 1.82) is 0 Å². The first-order chi connectivity index (χ1) is 9.49. The lowest BCUT2D eigenvalue weighted by molar-refractivity contribution is -0.159. The van der Waals surface area contributed by atoms with Crippen LogP contribution in [0.4, 0.5) is 0 Å². The summed E-state index contributed by atoms with van der Waals surface area (Å²) >= 11 is 1.04. The molecule has 0 aliphatic heterocycles. The van der Waals surface area contributed by atoms with Crippen LogP contribution in [0.15, 0.2) is 0 Å². The lowest BCUT2D eigenvalue weighted by Crippen LogP contribution is -2.47. The summed E-state index contributed by atoms with van der Waals surface area (Å²) in [6, 6.07) is 0. The fourth-order valence-corrected chi connectivity index (χ4v) is 3.26. The summed E-state index contributed by atoms with van der Waals surface area (Å²) in [5.41, 5.74) is -0.339. The zero-order valence-electron chi connectivity index (χ0n) is 11.6. The van der Waals surface area contributed by atoms with Crippen LogP contribution in [0.1, 0.15) is 38.3 Å². The van der Waals surface area contributed by atoms with E-state index < -0.39 is 11.4 Å². The van der Waals surface area contributed by atoms with Gasteiger partial charge in [0.2, 0.25) is 5.88 Å². The van der Waals surface area contributed by atoms with Crippen LogP contribution in [0.2, 0.25) is 0 Å². The van der Waals surface area contributed by atoms with Crippen molar-refractivity contribution in [2.45, 2.75) is 39.5 Å². The van der Waals surface area contributed by atoms with E-state index in [1.165, 1.54) is 0 Å². The van der Waals surface area contributed by atoms with Crippen molar-refractivity contribution in [3.63, 3.8) is 0 Å². The maximum absolute atomic E-state index is 11.8. The molecule has 7 heteroatoms. The molecule has 1 aromatic rings. The lowest BCUT2D eigenvalue weighted by Gasteiger charge is -2.39. The highest BCUT2D eigenvalue weighted by Crippen LogP contribution is 2.42. The molecular weight excluding hydrogens is 280 g/mol. The highest BCUT2D eigenvalue weighted by Gasteiger charge is 2.49. The zero-order valence-corrected chi connectivity index (χ0v) is 12.4. The molecule has 1 heterocycles. The lowest BCUT2D eigenvalue weighted by atomic mass is 9.65. The molecule has 1 aliphatic rings. The molecule has 110 valence electrons. The van der Waals surface area contributed by atoms with Gasteiger partial charge in [0.25, 0.3) is 0 Å². The van der Waals surface area contributed by atoms with Crippen molar-refractivity contribution in [3.05, 3.63) is 5.69 Å². The number of aromatic nitrogens is 2. The molecule has 1 aliphatic carbocycles. The molecule has 0 saturated heterocycles. The van der Waals surface area contributed by atoms with Crippen molar-refractivity contribution in [2.75, 3.05) is 6.61 Å². The van der Waals surface area contributed by atoms with Crippen LogP contribution in [-0.2, 0) is 9.59 Å². The number of ether oxygens (including phenoxy) is 1. The van der Waals surface area contributed by atoms with Gasteiger partial charge in [-0.05, 0) is 19.3 Å². The molecule has 0 spiro atoms. The van der Waals surface area contributed by atoms with Crippen LogP contribution >= 0.6 is 11.7 Å². The van der Waals surface area contributed by atoms with Gasteiger partial charge in [-0.2, -0.15) is 4.37 Å². The number of carbonyl (C=O) groups excluding carboxylic acids is 1. The number of aliphatic carboxylic acids is 1. The highest BCUT2D eigenvalue weighted by molar-refractivity contribution is 6.99. The monoisotopic (exact) mass is 298 g/mol. The van der Waals surface area contributed by atoms with Crippen LogP contribution in [0.5, 0.6) is 5.88 Å². The molecule has 1 saturated carbocycles. The number of hydrogen-bond donors (Lipinski definition) is 1. The van der Waals surface area contributed by atoms with Gasteiger partial charge >= 0.3 is 5.97 Å². The minimum atomic E-state index is -1.00. The quantitative estimate of drug-likeness (QED) is 0.895. The summed E-state index contributed by atoms with van der Waals surface area (Å²) in [6.07, 6.45) is 1.60. The minimum absolute atomic E-state index is 0.0420. The number of carboxylic acid groups (broad SMARTS) is 1. The van der Waals surface area contributed by atoms with Gasteiger partial charge in [-0.25, -0.2) is 0 Å². The Kier molecular flexibility index (Phi) is 4.37. The molecule has 0 bridgehead atoms. The number of carboxylic acids is 1. The number of hydrogen-bond acceptors (Lipinski definition) is 6. The van der Waals surface area contributed by atoms with Crippen molar-refractivity contribution in [2.24, 2.45) is 11.3 Å². The van der Waals surface area contributed by atoms with E-state index in [2.05, 4.69) is 8.75 Å². The SMILES string of the molecule is CCC1CC(=O)CCC1(COc1nsnc1C)C(=O)O. The third kappa shape index (κ3) is 2.67. The molecule has 1 fully saturated rings. The van der Waals surface area contributed by atoms with Crippen molar-refractivity contribution in [3.8, 4) is 5.88 Å². The predicted octanol–water partition coefficient (Wildman–Crippen LogP) is 2.08. The molecule has 1 N–H and O–H groups in total. The average Bonchev–Trinajstić information content (AvgIpc) is 2.82. The minimum Gasteiger partial charge on any atom is -0.481 e. The number of Topliss-reactive ketones (excluding diaryl/α,β-unsaturated/α-hetero) is 1. The molecular formula is C13H18N2O4S. The third-order valence-electron chi connectivity index (χ3n) is 4.10. The fraction of sp³-hybridized carbons (Fsp3) is 0.692. The number of ketones is 1. The Morgan fingerprint density at radius 3 is 2.85 bits per heavy atom. The maximum Gasteiger partial charge on any atom is 0.313 e. The van der Waals surface area contributed by atoms with E-state index in [1.807, 2.05) is 6.92 Å². The Balaban J connectivity index is 2.18. The van der Waals surface area contributed by atoms with Gasteiger partial charge in [-0.1, -0.05) is 13.3 Å². The van der Waals surface area contributed by atoms with Gasteiger partial charge in [0, 0.05) is 12.8 Å². The molecule has 2 rings (SSSR count). The van der Waals surface area contributed by atoms with E-state index in [0.717, 1.165) is 11.7 Å². The Labute approximate surface area is 121 Å². The first-order valence-electron chi connectivity index (χ1n) is 6.66. The summed E-state index contributed by atoms with van der Waals surface area (Å²) in [4.78, 5) is 23.3. The van der Waals surface area contributed by atoms with Gasteiger partial charge < -0.3 is 9.84 Å². The van der Waals surface area contributed by atoms with E-state index in [-0.39, 0.29) is 18.3 Å². The van der Waals surface area contributed by atoms with Gasteiger partial charge in [0.15, 0.2) is 0 Å². The van der Waals surface area contributed by atoms with Crippen LogP contribution in [0.25, 0.3) is 0 Å². The Morgan fingerprint density at radius 2 is 2.30 bits per heavy atom. The number of aryl methyl sites for hydroxylation is 1. The smallest absolute Gasteiger partial charge is 0.313 e. The molecule has 20 heavy (non-hydrogen) atoms. The van der Waals surface area contributed by atoms with E-state index in [9.17, 15) is 14.7 Å². The summed E-state index contributed by atoms with van der Waals surface area (Å²) < 4.78 is 13.6. The third-order valence-corrected chi connectivity index (χ3v) is 4.70. The van der Waals surface area contributed by atoms with E-state index in [1.54, 1.807) is 6.92 Å². The largest absolute Gasteiger partial charge is 0.481 e. The topological polar surface area (TPSA) is 89.4 Å². The van der Waals surface area contributed by atoms with Crippen LogP contribution in [0, 0.1) is 18.3 Å². The standard InChI is InChI=1S/C13H18N2O4S/c1-3-9-6-10(16)4-5-13(9,12(17)18)7-19-11-8(2)14-20-15-11/h9H,3-7H2,1-2H3,(H,17,18). The Bertz CT molecular complexity index is 516. The summed E-state index contributed by atoms with van der Waals surface area (Å²) in [7, 11) is 0. The van der Waals surface area contributed by atoms with Gasteiger partial charge in [-0.3, -0.25) is 9.59 Å². The first kappa shape index (κ1) is 14.9. The highest BCUT2D eigenvalue weighted by atomic mass is 32.1. The zero-order chi connectivity index (χ0) is 14.8. The number of rotatable bonds is 5. The van der Waals surface area contributed by atoms with Crippen LogP contribution in [-0.4, -0.2) is 32.2 Å². The van der Waals surface area contributed by atoms with E-state index >= 15 is 0 Å². The molecule has 2 unspecified atom stereocenters. The fourth-order valence-electron chi connectivity index (χ4n) is 2.76. The van der Waals surface area contributed by atoms with Gasteiger partial charge in [0.05, 0.1) is 11.7 Å². The first-order valence-corrected chi connectivity index (χ1v) is 7.39. The molecule has 1 aromatic heterocycles. The summed E-state index contributed by atoms with van der Waals surface area (Å²) in [5, 5.41) is 9.65. The average molecular weight is 298 g/mol. The van der Waals surface area contributed by atoms with Crippen molar-refractivity contribution >= 4 is 23.5 Å². The maximum atomic E-state index is 11.8.